The van der Waals surface area contributed by atoms with Gasteiger partial charge in [0.15, 0.2) is 5.11 Å². The molecule has 1 aliphatic carbocycles. The predicted molar refractivity (Wildman–Crippen MR) is 82.2 cm³/mol. The second-order valence-corrected chi connectivity index (χ2v) is 6.65. The zero-order valence-electron chi connectivity index (χ0n) is 11.1. The van der Waals surface area contributed by atoms with Gasteiger partial charge in [-0.2, -0.15) is 0 Å². The van der Waals surface area contributed by atoms with Gasteiger partial charge < -0.3 is 10.6 Å². The third kappa shape index (κ3) is 4.05. The number of hydrogen-bond acceptors (Lipinski definition) is 1. The molecule has 1 atom stereocenters. The normalized spacial score (nSPS) is 21.2. The summed E-state index contributed by atoms with van der Waals surface area (Å²) >= 11 is 11.0. The zero-order chi connectivity index (χ0) is 14.0. The van der Waals surface area contributed by atoms with Crippen molar-refractivity contribution in [3.05, 3.63) is 29.0 Å². The molecule has 0 bridgehead atoms. The third-order valence-electron chi connectivity index (χ3n) is 3.48. The topological polar surface area (TPSA) is 24.1 Å². The van der Waals surface area contributed by atoms with E-state index in [0.29, 0.717) is 22.3 Å². The van der Waals surface area contributed by atoms with E-state index >= 15 is 0 Å². The standard InChI is InChI=1S/C14H18ClFN2S/c1-14(2)6-5-10(8-14)18-13(19)17-9-3-4-12(16)11(15)7-9/h3-4,7,10H,5-6,8H2,1-2H3,(H2,17,18,19). The van der Waals surface area contributed by atoms with Gasteiger partial charge in [-0.05, 0) is 55.1 Å². The molecule has 1 fully saturated rings. The maximum Gasteiger partial charge on any atom is 0.170 e. The average Bonchev–Trinajstić information content (AvgIpc) is 2.63. The highest BCUT2D eigenvalue weighted by Gasteiger charge is 2.31. The number of hydrogen-bond donors (Lipinski definition) is 2. The van der Waals surface area contributed by atoms with Gasteiger partial charge in [-0.25, -0.2) is 4.39 Å². The molecule has 1 unspecified atom stereocenters. The summed E-state index contributed by atoms with van der Waals surface area (Å²) in [7, 11) is 0. The van der Waals surface area contributed by atoms with Gasteiger partial charge in [0.25, 0.3) is 0 Å². The Balaban J connectivity index is 1.89. The van der Waals surface area contributed by atoms with E-state index < -0.39 is 5.82 Å². The van der Waals surface area contributed by atoms with Crippen molar-refractivity contribution >= 4 is 34.6 Å². The third-order valence-corrected chi connectivity index (χ3v) is 3.99. The number of thiocarbonyl (C=S) groups is 1. The van der Waals surface area contributed by atoms with Gasteiger partial charge in [0.1, 0.15) is 5.82 Å². The van der Waals surface area contributed by atoms with Crippen molar-refractivity contribution in [3.8, 4) is 0 Å². The van der Waals surface area contributed by atoms with Crippen molar-refractivity contribution in [2.45, 2.75) is 39.2 Å². The fourth-order valence-electron chi connectivity index (χ4n) is 2.49. The quantitative estimate of drug-likeness (QED) is 0.794. The molecule has 1 aromatic rings. The van der Waals surface area contributed by atoms with Gasteiger partial charge in [0, 0.05) is 11.7 Å². The minimum atomic E-state index is -0.427. The minimum absolute atomic E-state index is 0.0924. The van der Waals surface area contributed by atoms with Gasteiger partial charge >= 0.3 is 0 Å². The summed E-state index contributed by atoms with van der Waals surface area (Å²) in [4.78, 5) is 0. The highest BCUT2D eigenvalue weighted by atomic mass is 35.5. The molecule has 5 heteroatoms. The van der Waals surface area contributed by atoms with Crippen molar-refractivity contribution in [1.82, 2.24) is 5.32 Å². The van der Waals surface area contributed by atoms with Crippen LogP contribution in [0.15, 0.2) is 18.2 Å². The lowest BCUT2D eigenvalue weighted by Gasteiger charge is -2.19. The predicted octanol–water partition coefficient (Wildman–Crippen LogP) is 4.34. The molecule has 19 heavy (non-hydrogen) atoms. The van der Waals surface area contributed by atoms with Crippen LogP contribution in [0.1, 0.15) is 33.1 Å². The van der Waals surface area contributed by atoms with E-state index in [0.717, 1.165) is 12.8 Å². The molecule has 0 aromatic heterocycles. The van der Waals surface area contributed by atoms with E-state index in [1.165, 1.54) is 18.6 Å². The Morgan fingerprint density at radius 2 is 2.21 bits per heavy atom. The lowest BCUT2D eigenvalue weighted by atomic mass is 9.92. The zero-order valence-corrected chi connectivity index (χ0v) is 12.7. The molecule has 0 heterocycles. The molecule has 0 aliphatic heterocycles. The van der Waals surface area contributed by atoms with Crippen molar-refractivity contribution in [2.75, 3.05) is 5.32 Å². The Labute approximate surface area is 123 Å². The minimum Gasteiger partial charge on any atom is -0.360 e. The van der Waals surface area contributed by atoms with Crippen LogP contribution in [-0.4, -0.2) is 11.2 Å². The molecular formula is C14H18ClFN2S. The average molecular weight is 301 g/mol. The summed E-state index contributed by atoms with van der Waals surface area (Å²) in [5.41, 5.74) is 1.08. The summed E-state index contributed by atoms with van der Waals surface area (Å²) in [6.45, 7) is 4.54. The number of anilines is 1. The lowest BCUT2D eigenvalue weighted by molar-refractivity contribution is 0.372. The monoisotopic (exact) mass is 300 g/mol. The van der Waals surface area contributed by atoms with Crippen LogP contribution in [0.4, 0.5) is 10.1 Å². The number of benzene rings is 1. The Morgan fingerprint density at radius 1 is 1.47 bits per heavy atom. The van der Waals surface area contributed by atoms with Crippen LogP contribution in [0, 0.1) is 11.2 Å². The van der Waals surface area contributed by atoms with Crippen LogP contribution >= 0.6 is 23.8 Å². The Bertz CT molecular complexity index is 490. The van der Waals surface area contributed by atoms with Crippen LogP contribution < -0.4 is 10.6 Å². The van der Waals surface area contributed by atoms with Gasteiger partial charge in [0.05, 0.1) is 5.02 Å². The van der Waals surface area contributed by atoms with Gasteiger partial charge in [-0.1, -0.05) is 25.4 Å². The largest absolute Gasteiger partial charge is 0.360 e. The molecule has 2 N–H and O–H groups in total. The van der Waals surface area contributed by atoms with Crippen LogP contribution in [0.5, 0.6) is 0 Å². The highest BCUT2D eigenvalue weighted by Crippen LogP contribution is 2.36. The van der Waals surface area contributed by atoms with Crippen molar-refractivity contribution < 1.29 is 4.39 Å². The molecule has 1 saturated carbocycles. The Hall–Kier alpha value is -0.870. The number of rotatable bonds is 2. The maximum absolute atomic E-state index is 13.0. The first-order valence-electron chi connectivity index (χ1n) is 6.38. The summed E-state index contributed by atoms with van der Waals surface area (Å²) in [5.74, 6) is -0.427. The second-order valence-electron chi connectivity index (χ2n) is 5.83. The molecular weight excluding hydrogens is 283 g/mol. The molecule has 2 rings (SSSR count). The summed E-state index contributed by atoms with van der Waals surface area (Å²) < 4.78 is 13.0. The van der Waals surface area contributed by atoms with E-state index in [9.17, 15) is 4.39 Å². The molecule has 1 aliphatic rings. The van der Waals surface area contributed by atoms with Crippen molar-refractivity contribution in [2.24, 2.45) is 5.41 Å². The molecule has 0 spiro atoms. The Morgan fingerprint density at radius 3 is 2.79 bits per heavy atom. The first kappa shape index (κ1) is 14.5. The van der Waals surface area contributed by atoms with E-state index in [2.05, 4.69) is 24.5 Å². The summed E-state index contributed by atoms with van der Waals surface area (Å²) in [5, 5.41) is 6.99. The molecule has 2 nitrogen and oxygen atoms in total. The fraction of sp³-hybridized carbons (Fsp3) is 0.500. The van der Waals surface area contributed by atoms with E-state index in [-0.39, 0.29) is 5.02 Å². The van der Waals surface area contributed by atoms with Crippen molar-refractivity contribution in [1.29, 1.82) is 0 Å². The number of nitrogens with one attached hydrogen (secondary N) is 2. The van der Waals surface area contributed by atoms with Crippen LogP contribution in [0.25, 0.3) is 0 Å². The SMILES string of the molecule is CC1(C)CCC(NC(=S)Nc2ccc(F)c(Cl)c2)C1. The molecule has 0 amide bonds. The molecule has 0 radical (unpaired) electrons. The number of halogens is 2. The van der Waals surface area contributed by atoms with Gasteiger partial charge in [0.2, 0.25) is 0 Å². The van der Waals surface area contributed by atoms with Crippen LogP contribution in [-0.2, 0) is 0 Å². The second kappa shape index (κ2) is 5.63. The van der Waals surface area contributed by atoms with E-state index in [1.807, 2.05) is 0 Å². The van der Waals surface area contributed by atoms with Gasteiger partial charge in [-0.15, -0.1) is 0 Å². The first-order valence-corrected chi connectivity index (χ1v) is 7.17. The van der Waals surface area contributed by atoms with E-state index in [1.54, 1.807) is 6.07 Å². The summed E-state index contributed by atoms with van der Waals surface area (Å²) in [6, 6.07) is 4.88. The van der Waals surface area contributed by atoms with Gasteiger partial charge in [-0.3, -0.25) is 0 Å². The molecule has 1 aromatic carbocycles. The smallest absolute Gasteiger partial charge is 0.170 e. The van der Waals surface area contributed by atoms with Crippen LogP contribution in [0.2, 0.25) is 5.02 Å². The van der Waals surface area contributed by atoms with Crippen molar-refractivity contribution in [3.63, 3.8) is 0 Å². The highest BCUT2D eigenvalue weighted by molar-refractivity contribution is 7.80. The summed E-state index contributed by atoms with van der Waals surface area (Å²) in [6.07, 6.45) is 3.44. The fourth-order valence-corrected chi connectivity index (χ4v) is 2.95. The maximum atomic E-state index is 13.0. The molecule has 104 valence electrons. The Kier molecular flexibility index (Phi) is 4.31. The lowest BCUT2D eigenvalue weighted by Crippen LogP contribution is -2.36. The first-order chi connectivity index (χ1) is 8.85. The van der Waals surface area contributed by atoms with E-state index in [4.69, 9.17) is 23.8 Å². The van der Waals surface area contributed by atoms with Crippen LogP contribution in [0.3, 0.4) is 0 Å². The molecule has 0 saturated heterocycles.